The molecule has 78 valence electrons. The number of hydrogen-bond donors (Lipinski definition) is 1. The Hall–Kier alpha value is -0.0900. The zero-order valence-corrected chi connectivity index (χ0v) is 9.87. The molecule has 1 aliphatic heterocycles. The maximum Gasteiger partial charge on any atom is 0.0516 e. The molecule has 1 aromatic rings. The zero-order valence-electron chi connectivity index (χ0n) is 8.29. The van der Waals surface area contributed by atoms with E-state index in [1.165, 1.54) is 4.88 Å². The first-order valence-corrected chi connectivity index (χ1v) is 6.18. The van der Waals surface area contributed by atoms with Gasteiger partial charge in [-0.05, 0) is 13.0 Å². The molecule has 0 aromatic carbocycles. The molecule has 14 heavy (non-hydrogen) atoms. The number of rotatable bonds is 2. The molecule has 1 N–H and O–H groups in total. The minimum atomic E-state index is 0.610. The van der Waals surface area contributed by atoms with Gasteiger partial charge in [0.1, 0.15) is 0 Å². The van der Waals surface area contributed by atoms with Crippen molar-refractivity contribution in [1.29, 1.82) is 0 Å². The van der Waals surface area contributed by atoms with Gasteiger partial charge in [-0.2, -0.15) is 0 Å². The molecule has 1 aromatic heterocycles. The number of nitrogens with one attached hydrogen (secondary N) is 1. The SMILES string of the molecule is CC1CN(Cc2cc(Cl)cs2)CCN1. The summed E-state index contributed by atoms with van der Waals surface area (Å²) in [7, 11) is 0. The average Bonchev–Trinajstić information content (AvgIpc) is 2.51. The van der Waals surface area contributed by atoms with Gasteiger partial charge >= 0.3 is 0 Å². The minimum Gasteiger partial charge on any atom is -0.312 e. The van der Waals surface area contributed by atoms with Crippen molar-refractivity contribution >= 4 is 22.9 Å². The van der Waals surface area contributed by atoms with E-state index in [4.69, 9.17) is 11.6 Å². The molecule has 1 atom stereocenters. The number of hydrogen-bond acceptors (Lipinski definition) is 3. The standard InChI is InChI=1S/C10H15ClN2S/c1-8-5-13(3-2-12-8)6-10-4-9(11)7-14-10/h4,7-8,12H,2-3,5-6H2,1H3. The lowest BCUT2D eigenvalue weighted by Crippen LogP contribution is -2.48. The van der Waals surface area contributed by atoms with Gasteiger partial charge in [-0.15, -0.1) is 11.3 Å². The number of nitrogens with zero attached hydrogens (tertiary/aromatic N) is 1. The van der Waals surface area contributed by atoms with Gasteiger partial charge in [0.25, 0.3) is 0 Å². The first-order chi connectivity index (χ1) is 6.74. The Morgan fingerprint density at radius 1 is 1.71 bits per heavy atom. The predicted molar refractivity (Wildman–Crippen MR) is 62.1 cm³/mol. The van der Waals surface area contributed by atoms with E-state index in [2.05, 4.69) is 23.2 Å². The maximum absolute atomic E-state index is 5.89. The van der Waals surface area contributed by atoms with Crippen LogP contribution in [0, 0.1) is 0 Å². The van der Waals surface area contributed by atoms with Crippen molar-refractivity contribution in [2.75, 3.05) is 19.6 Å². The van der Waals surface area contributed by atoms with E-state index in [1.54, 1.807) is 11.3 Å². The average molecular weight is 231 g/mol. The van der Waals surface area contributed by atoms with E-state index in [0.717, 1.165) is 31.2 Å². The Morgan fingerprint density at radius 2 is 2.57 bits per heavy atom. The van der Waals surface area contributed by atoms with Gasteiger partial charge in [0, 0.05) is 42.5 Å². The van der Waals surface area contributed by atoms with Crippen LogP contribution in [0.2, 0.25) is 5.02 Å². The molecular weight excluding hydrogens is 216 g/mol. The van der Waals surface area contributed by atoms with E-state index in [1.807, 2.05) is 5.38 Å². The topological polar surface area (TPSA) is 15.3 Å². The van der Waals surface area contributed by atoms with Gasteiger partial charge in [0.05, 0.1) is 5.02 Å². The van der Waals surface area contributed by atoms with Crippen molar-refractivity contribution in [1.82, 2.24) is 10.2 Å². The molecule has 1 aliphatic rings. The van der Waals surface area contributed by atoms with Gasteiger partial charge in [0.15, 0.2) is 0 Å². The van der Waals surface area contributed by atoms with Gasteiger partial charge in [-0.3, -0.25) is 4.90 Å². The van der Waals surface area contributed by atoms with Crippen molar-refractivity contribution in [3.63, 3.8) is 0 Å². The summed E-state index contributed by atoms with van der Waals surface area (Å²) >= 11 is 7.64. The Bertz CT molecular complexity index is 300. The first-order valence-electron chi connectivity index (χ1n) is 4.92. The van der Waals surface area contributed by atoms with Crippen LogP contribution in [0.25, 0.3) is 0 Å². The second-order valence-electron chi connectivity index (χ2n) is 3.82. The number of thiophene rings is 1. The summed E-state index contributed by atoms with van der Waals surface area (Å²) in [6.45, 7) is 6.65. The summed E-state index contributed by atoms with van der Waals surface area (Å²) in [5.41, 5.74) is 0. The highest BCUT2D eigenvalue weighted by Crippen LogP contribution is 2.20. The molecule has 0 amide bonds. The molecule has 0 radical (unpaired) electrons. The molecular formula is C10H15ClN2S. The second kappa shape index (κ2) is 4.62. The summed E-state index contributed by atoms with van der Waals surface area (Å²) in [5, 5.41) is 6.31. The minimum absolute atomic E-state index is 0.610. The lowest BCUT2D eigenvalue weighted by molar-refractivity contribution is 0.201. The van der Waals surface area contributed by atoms with Crippen molar-refractivity contribution in [3.05, 3.63) is 21.3 Å². The van der Waals surface area contributed by atoms with Crippen LogP contribution in [-0.4, -0.2) is 30.6 Å². The largest absolute Gasteiger partial charge is 0.312 e. The molecule has 0 spiro atoms. The van der Waals surface area contributed by atoms with Crippen molar-refractivity contribution in [2.45, 2.75) is 19.5 Å². The quantitative estimate of drug-likeness (QED) is 0.838. The third-order valence-electron chi connectivity index (χ3n) is 2.45. The van der Waals surface area contributed by atoms with Crippen molar-refractivity contribution in [2.24, 2.45) is 0 Å². The van der Waals surface area contributed by atoms with E-state index >= 15 is 0 Å². The van der Waals surface area contributed by atoms with Crippen LogP contribution in [0.4, 0.5) is 0 Å². The summed E-state index contributed by atoms with van der Waals surface area (Å²) in [5.74, 6) is 0. The fourth-order valence-electron chi connectivity index (χ4n) is 1.81. The molecule has 0 aliphatic carbocycles. The molecule has 2 heterocycles. The molecule has 4 heteroatoms. The molecule has 2 nitrogen and oxygen atoms in total. The fourth-order valence-corrected chi connectivity index (χ4v) is 2.93. The lowest BCUT2D eigenvalue weighted by Gasteiger charge is -2.31. The summed E-state index contributed by atoms with van der Waals surface area (Å²) in [6.07, 6.45) is 0. The summed E-state index contributed by atoms with van der Waals surface area (Å²) in [4.78, 5) is 3.84. The smallest absolute Gasteiger partial charge is 0.0516 e. The van der Waals surface area contributed by atoms with Crippen LogP contribution in [0.3, 0.4) is 0 Å². The van der Waals surface area contributed by atoms with E-state index < -0.39 is 0 Å². The van der Waals surface area contributed by atoms with Crippen LogP contribution in [-0.2, 0) is 6.54 Å². The summed E-state index contributed by atoms with van der Waals surface area (Å²) in [6, 6.07) is 2.68. The number of piperazine rings is 1. The van der Waals surface area contributed by atoms with Crippen molar-refractivity contribution < 1.29 is 0 Å². The Balaban J connectivity index is 1.90. The van der Waals surface area contributed by atoms with Gasteiger partial charge < -0.3 is 5.32 Å². The fraction of sp³-hybridized carbons (Fsp3) is 0.600. The molecule has 2 rings (SSSR count). The number of halogens is 1. The molecule has 0 bridgehead atoms. The van der Waals surface area contributed by atoms with E-state index in [-0.39, 0.29) is 0 Å². The molecule has 1 fully saturated rings. The first kappa shape index (κ1) is 10.4. The monoisotopic (exact) mass is 230 g/mol. The second-order valence-corrected chi connectivity index (χ2v) is 5.25. The van der Waals surface area contributed by atoms with Gasteiger partial charge in [0.2, 0.25) is 0 Å². The van der Waals surface area contributed by atoms with E-state index in [0.29, 0.717) is 6.04 Å². The zero-order chi connectivity index (χ0) is 9.97. The van der Waals surface area contributed by atoms with Crippen LogP contribution in [0.1, 0.15) is 11.8 Å². The van der Waals surface area contributed by atoms with Crippen LogP contribution >= 0.6 is 22.9 Å². The van der Waals surface area contributed by atoms with Gasteiger partial charge in [-0.1, -0.05) is 11.6 Å². The van der Waals surface area contributed by atoms with Crippen molar-refractivity contribution in [3.8, 4) is 0 Å². The molecule has 1 saturated heterocycles. The van der Waals surface area contributed by atoms with Crippen LogP contribution < -0.4 is 5.32 Å². The van der Waals surface area contributed by atoms with Crippen LogP contribution in [0.15, 0.2) is 11.4 Å². The Morgan fingerprint density at radius 3 is 3.21 bits per heavy atom. The third-order valence-corrected chi connectivity index (χ3v) is 3.72. The highest BCUT2D eigenvalue weighted by atomic mass is 35.5. The normalized spacial score (nSPS) is 24.0. The molecule has 1 unspecified atom stereocenters. The highest BCUT2D eigenvalue weighted by Gasteiger charge is 2.15. The van der Waals surface area contributed by atoms with Gasteiger partial charge in [-0.25, -0.2) is 0 Å². The highest BCUT2D eigenvalue weighted by molar-refractivity contribution is 7.10. The summed E-state index contributed by atoms with van der Waals surface area (Å²) < 4.78 is 0. The van der Waals surface area contributed by atoms with Crippen LogP contribution in [0.5, 0.6) is 0 Å². The third kappa shape index (κ3) is 2.70. The lowest BCUT2D eigenvalue weighted by atomic mass is 10.2. The maximum atomic E-state index is 5.89. The Labute approximate surface area is 93.9 Å². The van der Waals surface area contributed by atoms with E-state index in [9.17, 15) is 0 Å². The predicted octanol–water partition coefficient (Wildman–Crippen LogP) is 2.20. The Kier molecular flexibility index (Phi) is 3.44. The molecule has 0 saturated carbocycles.